The first kappa shape index (κ1) is 12.2. The average molecular weight is 183 g/mol. The van der Waals surface area contributed by atoms with Gasteiger partial charge in [0.05, 0.1) is 0 Å². The Hall–Kier alpha value is -0.830. The molecule has 0 aliphatic rings. The van der Waals surface area contributed by atoms with Crippen molar-refractivity contribution >= 4 is 6.21 Å². The van der Waals surface area contributed by atoms with Gasteiger partial charge in [0, 0.05) is 12.3 Å². The fourth-order valence-corrected chi connectivity index (χ4v) is 0.807. The number of rotatable bonds is 5. The summed E-state index contributed by atoms with van der Waals surface area (Å²) >= 11 is 0. The third kappa shape index (κ3) is 7.53. The summed E-state index contributed by atoms with van der Waals surface area (Å²) < 4.78 is 0. The van der Waals surface area contributed by atoms with Crippen molar-refractivity contribution in [2.75, 3.05) is 20.6 Å². The minimum Gasteiger partial charge on any atom is -0.404 e. The normalized spacial score (nSPS) is 15.6. The van der Waals surface area contributed by atoms with Crippen LogP contribution in [0.4, 0.5) is 0 Å². The molecule has 0 aromatic rings. The molecule has 2 N–H and O–H groups in total. The molecule has 76 valence electrons. The van der Waals surface area contributed by atoms with E-state index in [1.54, 1.807) is 6.20 Å². The lowest BCUT2D eigenvalue weighted by Gasteiger charge is -2.11. The fraction of sp³-hybridized carbons (Fsp3) is 0.700. The largest absolute Gasteiger partial charge is 0.404 e. The molecule has 3 heteroatoms. The molecule has 0 heterocycles. The van der Waals surface area contributed by atoms with Crippen molar-refractivity contribution < 1.29 is 0 Å². The average Bonchev–Trinajstić information content (AvgIpc) is 2.10. The molecule has 0 aliphatic heterocycles. The Morgan fingerprint density at radius 3 is 2.62 bits per heavy atom. The van der Waals surface area contributed by atoms with E-state index in [1.165, 1.54) is 0 Å². The van der Waals surface area contributed by atoms with Crippen molar-refractivity contribution in [3.8, 4) is 0 Å². The highest BCUT2D eigenvalue weighted by atomic mass is 15.0. The summed E-state index contributed by atoms with van der Waals surface area (Å²) in [5, 5.41) is 0. The Morgan fingerprint density at radius 1 is 1.54 bits per heavy atom. The van der Waals surface area contributed by atoms with Gasteiger partial charge >= 0.3 is 0 Å². The van der Waals surface area contributed by atoms with Crippen molar-refractivity contribution in [2.24, 2.45) is 10.7 Å². The molecule has 0 aliphatic carbocycles. The summed E-state index contributed by atoms with van der Waals surface area (Å²) in [5.74, 6) is 0. The Morgan fingerprint density at radius 2 is 2.15 bits per heavy atom. The molecular formula is C10H21N3. The summed E-state index contributed by atoms with van der Waals surface area (Å²) in [6.45, 7) is 5.13. The minimum atomic E-state index is 0.372. The number of hydrogen-bond acceptors (Lipinski definition) is 3. The van der Waals surface area contributed by atoms with E-state index in [2.05, 4.69) is 30.9 Å². The SMILES string of the molecule is C/C(C=NC(C)CCN(C)C)=C/N. The molecule has 0 rings (SSSR count). The van der Waals surface area contributed by atoms with Gasteiger partial charge in [-0.15, -0.1) is 0 Å². The number of hydrogen-bond donors (Lipinski definition) is 1. The van der Waals surface area contributed by atoms with Gasteiger partial charge < -0.3 is 10.6 Å². The third-order valence-electron chi connectivity index (χ3n) is 1.79. The van der Waals surface area contributed by atoms with Gasteiger partial charge in [-0.05, 0) is 52.7 Å². The van der Waals surface area contributed by atoms with Crippen molar-refractivity contribution in [1.82, 2.24) is 4.90 Å². The molecule has 3 nitrogen and oxygen atoms in total. The Labute approximate surface area is 81.3 Å². The van der Waals surface area contributed by atoms with Gasteiger partial charge in [-0.2, -0.15) is 0 Å². The number of aliphatic imine (C=N–C) groups is 1. The van der Waals surface area contributed by atoms with Gasteiger partial charge in [0.1, 0.15) is 0 Å². The van der Waals surface area contributed by atoms with Crippen LogP contribution in [0.5, 0.6) is 0 Å². The van der Waals surface area contributed by atoms with Gasteiger partial charge in [-0.25, -0.2) is 0 Å². The van der Waals surface area contributed by atoms with Crippen LogP contribution < -0.4 is 5.73 Å². The van der Waals surface area contributed by atoms with Crippen LogP contribution in [-0.4, -0.2) is 37.8 Å². The van der Waals surface area contributed by atoms with E-state index in [0.717, 1.165) is 18.5 Å². The van der Waals surface area contributed by atoms with Crippen LogP contribution in [0.1, 0.15) is 20.3 Å². The first-order chi connectivity index (χ1) is 6.06. The van der Waals surface area contributed by atoms with E-state index >= 15 is 0 Å². The number of nitrogens with two attached hydrogens (primary N) is 1. The fourth-order valence-electron chi connectivity index (χ4n) is 0.807. The third-order valence-corrected chi connectivity index (χ3v) is 1.79. The van der Waals surface area contributed by atoms with Crippen LogP contribution in [-0.2, 0) is 0 Å². The van der Waals surface area contributed by atoms with E-state index in [-0.39, 0.29) is 0 Å². The maximum atomic E-state index is 5.32. The standard InChI is InChI=1S/C10H21N3/c1-9(7-11)8-12-10(2)5-6-13(3)4/h7-8,10H,5-6,11H2,1-4H3/b9-7-,12-8?. The van der Waals surface area contributed by atoms with Gasteiger partial charge in [-0.3, -0.25) is 4.99 Å². The zero-order chi connectivity index (χ0) is 10.3. The second-order valence-electron chi connectivity index (χ2n) is 3.63. The van der Waals surface area contributed by atoms with E-state index in [1.807, 2.05) is 13.1 Å². The lowest BCUT2D eigenvalue weighted by Crippen LogP contribution is -2.16. The topological polar surface area (TPSA) is 41.6 Å². The molecule has 13 heavy (non-hydrogen) atoms. The molecule has 0 aromatic heterocycles. The first-order valence-electron chi connectivity index (χ1n) is 4.62. The highest BCUT2D eigenvalue weighted by molar-refractivity contribution is 5.77. The van der Waals surface area contributed by atoms with Gasteiger partial charge in [0.15, 0.2) is 0 Å². The summed E-state index contributed by atoms with van der Waals surface area (Å²) in [7, 11) is 4.14. The number of allylic oxidation sites excluding steroid dienone is 1. The quantitative estimate of drug-likeness (QED) is 0.652. The monoisotopic (exact) mass is 183 g/mol. The highest BCUT2D eigenvalue weighted by Crippen LogP contribution is 1.97. The summed E-state index contributed by atoms with van der Waals surface area (Å²) in [6, 6.07) is 0.372. The molecule has 0 amide bonds. The molecule has 0 saturated heterocycles. The van der Waals surface area contributed by atoms with E-state index < -0.39 is 0 Å². The van der Waals surface area contributed by atoms with E-state index in [4.69, 9.17) is 5.73 Å². The molecule has 0 fully saturated rings. The Balaban J connectivity index is 3.73. The molecular weight excluding hydrogens is 162 g/mol. The maximum Gasteiger partial charge on any atom is 0.0483 e. The van der Waals surface area contributed by atoms with Crippen molar-refractivity contribution in [3.05, 3.63) is 11.8 Å². The lowest BCUT2D eigenvalue weighted by molar-refractivity contribution is 0.386. The predicted octanol–water partition coefficient (Wildman–Crippen LogP) is 1.26. The minimum absolute atomic E-state index is 0.372. The van der Waals surface area contributed by atoms with Crippen LogP contribution in [0, 0.1) is 0 Å². The van der Waals surface area contributed by atoms with Crippen LogP contribution >= 0.6 is 0 Å². The van der Waals surface area contributed by atoms with Crippen molar-refractivity contribution in [1.29, 1.82) is 0 Å². The van der Waals surface area contributed by atoms with Gasteiger partial charge in [0.25, 0.3) is 0 Å². The molecule has 1 atom stereocenters. The molecule has 0 spiro atoms. The second-order valence-corrected chi connectivity index (χ2v) is 3.63. The van der Waals surface area contributed by atoms with E-state index in [9.17, 15) is 0 Å². The van der Waals surface area contributed by atoms with Crippen molar-refractivity contribution in [3.63, 3.8) is 0 Å². The lowest BCUT2D eigenvalue weighted by atomic mass is 10.2. The number of nitrogens with zero attached hydrogens (tertiary/aromatic N) is 2. The Bertz CT molecular complexity index is 183. The second kappa shape index (κ2) is 6.66. The maximum absolute atomic E-state index is 5.32. The van der Waals surface area contributed by atoms with Crippen LogP contribution in [0.15, 0.2) is 16.8 Å². The zero-order valence-corrected chi connectivity index (χ0v) is 9.12. The Kier molecular flexibility index (Phi) is 6.24. The van der Waals surface area contributed by atoms with Crippen molar-refractivity contribution in [2.45, 2.75) is 26.3 Å². The van der Waals surface area contributed by atoms with Gasteiger partial charge in [0.2, 0.25) is 0 Å². The molecule has 0 bridgehead atoms. The summed E-state index contributed by atoms with van der Waals surface area (Å²) in [5.41, 5.74) is 6.33. The van der Waals surface area contributed by atoms with Crippen LogP contribution in [0.2, 0.25) is 0 Å². The smallest absolute Gasteiger partial charge is 0.0483 e. The predicted molar refractivity (Wildman–Crippen MR) is 59.1 cm³/mol. The van der Waals surface area contributed by atoms with E-state index in [0.29, 0.717) is 6.04 Å². The highest BCUT2D eigenvalue weighted by Gasteiger charge is 1.98. The van der Waals surface area contributed by atoms with Crippen LogP contribution in [0.25, 0.3) is 0 Å². The first-order valence-corrected chi connectivity index (χ1v) is 4.62. The summed E-state index contributed by atoms with van der Waals surface area (Å²) in [6.07, 6.45) is 4.49. The van der Waals surface area contributed by atoms with Crippen LogP contribution in [0.3, 0.4) is 0 Å². The molecule has 0 aromatic carbocycles. The zero-order valence-electron chi connectivity index (χ0n) is 9.12. The molecule has 1 unspecified atom stereocenters. The summed E-state index contributed by atoms with van der Waals surface area (Å²) in [4.78, 5) is 6.53. The van der Waals surface area contributed by atoms with Gasteiger partial charge in [-0.1, -0.05) is 0 Å². The molecule has 0 radical (unpaired) electrons. The molecule has 0 saturated carbocycles.